The number of para-hydroxylation sites is 4. The number of rotatable bonds is 4. The molecule has 1 spiro atoms. The smallest absolute Gasteiger partial charge is 0.0991 e. The molecular formula is C66H38N6S. The highest BCUT2D eigenvalue weighted by atomic mass is 32.2. The predicted octanol–water partition coefficient (Wildman–Crippen LogP) is 16.1. The van der Waals surface area contributed by atoms with E-state index in [4.69, 9.17) is 9.97 Å². The Morgan fingerprint density at radius 1 is 0.356 bits per heavy atom. The van der Waals surface area contributed by atoms with Gasteiger partial charge in [0.2, 0.25) is 0 Å². The van der Waals surface area contributed by atoms with Crippen molar-refractivity contribution in [1.82, 2.24) is 23.7 Å². The number of nitriles is 1. The van der Waals surface area contributed by atoms with Crippen LogP contribution in [0.2, 0.25) is 0 Å². The normalized spacial score (nSPS) is 13.2. The van der Waals surface area contributed by atoms with E-state index in [1.54, 1.807) is 0 Å². The van der Waals surface area contributed by atoms with E-state index in [2.05, 4.69) is 226 Å². The van der Waals surface area contributed by atoms with E-state index in [0.717, 1.165) is 72.5 Å². The lowest BCUT2D eigenvalue weighted by Crippen LogP contribution is -2.32. The van der Waals surface area contributed by atoms with Crippen LogP contribution in [0, 0.1) is 11.3 Å². The molecule has 6 heterocycles. The number of fused-ring (bicyclic) bond motifs is 18. The largest absolute Gasteiger partial charge is 0.309 e. The fraction of sp³-hybridized carbons (Fsp3) is 0.0152. The summed E-state index contributed by atoms with van der Waals surface area (Å²) >= 11 is 1.84. The van der Waals surface area contributed by atoms with Gasteiger partial charge in [-0.25, -0.2) is 0 Å². The highest BCUT2D eigenvalue weighted by Gasteiger charge is 2.51. The minimum Gasteiger partial charge on any atom is -0.309 e. The van der Waals surface area contributed by atoms with E-state index in [1.807, 2.05) is 36.3 Å². The third kappa shape index (κ3) is 5.47. The molecule has 6 nitrogen and oxygen atoms in total. The summed E-state index contributed by atoms with van der Waals surface area (Å²) in [5, 5.41) is 17.0. The summed E-state index contributed by atoms with van der Waals surface area (Å²) in [5.74, 6) is 0. The molecule has 16 rings (SSSR count). The summed E-state index contributed by atoms with van der Waals surface area (Å²) in [6, 6.07) is 81.7. The van der Waals surface area contributed by atoms with Crippen LogP contribution in [-0.2, 0) is 5.41 Å². The Hall–Kier alpha value is -9.48. The Morgan fingerprint density at radius 3 is 1.40 bits per heavy atom. The SMILES string of the molecule is N#Cc1ccc2c(c1)c1ccccc1n2-c1ccc2c(c1)C1(c3ccc(-c4ccc5c(c4)c4ccccc4n5-c4ccc(-n5c6ccccc6c6ccccc65)cc4)cc3S2)c2cccnc2-c2ncccc21. The van der Waals surface area contributed by atoms with Gasteiger partial charge >= 0.3 is 0 Å². The molecule has 2 aliphatic rings. The van der Waals surface area contributed by atoms with Gasteiger partial charge in [-0.05, 0) is 149 Å². The van der Waals surface area contributed by atoms with Gasteiger partial charge in [-0.2, -0.15) is 5.26 Å². The summed E-state index contributed by atoms with van der Waals surface area (Å²) in [6.07, 6.45) is 3.77. The first-order chi connectivity index (χ1) is 36.2. The number of benzene rings is 9. The topological polar surface area (TPSA) is 64.4 Å². The highest BCUT2D eigenvalue weighted by molar-refractivity contribution is 7.99. The van der Waals surface area contributed by atoms with Crippen molar-refractivity contribution >= 4 is 77.2 Å². The molecule has 0 amide bonds. The number of hydrogen-bond donors (Lipinski definition) is 0. The van der Waals surface area contributed by atoms with Crippen molar-refractivity contribution < 1.29 is 0 Å². The van der Waals surface area contributed by atoms with E-state index in [1.165, 1.54) is 64.5 Å². The molecule has 9 aromatic carbocycles. The van der Waals surface area contributed by atoms with Crippen molar-refractivity contribution in [2.45, 2.75) is 15.2 Å². The molecule has 14 aromatic rings. The first kappa shape index (κ1) is 40.3. The number of hydrogen-bond acceptors (Lipinski definition) is 4. The van der Waals surface area contributed by atoms with E-state index < -0.39 is 5.41 Å². The molecular weight excluding hydrogens is 909 g/mol. The van der Waals surface area contributed by atoms with Crippen LogP contribution in [0.3, 0.4) is 0 Å². The minimum atomic E-state index is -0.682. The summed E-state index contributed by atoms with van der Waals surface area (Å²) < 4.78 is 7.13. The van der Waals surface area contributed by atoms with Crippen molar-refractivity contribution in [2.75, 3.05) is 0 Å². The first-order valence-electron chi connectivity index (χ1n) is 24.6. The maximum absolute atomic E-state index is 9.89. The van der Waals surface area contributed by atoms with Gasteiger partial charge in [-0.1, -0.05) is 115 Å². The molecule has 0 radical (unpaired) electrons. The van der Waals surface area contributed by atoms with E-state index in [0.29, 0.717) is 5.56 Å². The fourth-order valence-electron chi connectivity index (χ4n) is 12.6. The molecule has 0 bridgehead atoms. The number of nitrogens with zero attached hydrogens (tertiary/aromatic N) is 6. The number of pyridine rings is 2. The van der Waals surface area contributed by atoms with Crippen LogP contribution in [-0.4, -0.2) is 23.7 Å². The van der Waals surface area contributed by atoms with E-state index >= 15 is 0 Å². The Labute approximate surface area is 423 Å². The summed E-state index contributed by atoms with van der Waals surface area (Å²) in [5.41, 5.74) is 19.0. The van der Waals surface area contributed by atoms with E-state index in [-0.39, 0.29) is 0 Å². The standard InChI is InChI=1S/C66H38N6S/c67-39-40-21-30-60-50(35-40)48-13-3-8-20-59(48)72(60)45-28-32-62-55(38-45)66(53-15-9-33-68-64(53)65-54(66)16-10-34-69-65)52-29-22-42(37-63(52)73-62)41-23-31-61-51(36-41)49-14-4-7-19-58(49)71(61)44-26-24-43(25-27-44)70-56-17-5-1-11-46(56)47-12-2-6-18-57(47)70/h1-38H. The molecule has 1 aliphatic heterocycles. The average Bonchev–Trinajstić information content (AvgIpc) is 4.21. The van der Waals surface area contributed by atoms with Crippen LogP contribution in [0.25, 0.3) is 105 Å². The van der Waals surface area contributed by atoms with Crippen LogP contribution in [0.1, 0.15) is 27.8 Å². The molecule has 0 saturated heterocycles. The molecule has 338 valence electrons. The van der Waals surface area contributed by atoms with Crippen molar-refractivity contribution in [3.8, 4) is 45.6 Å². The fourth-order valence-corrected chi connectivity index (χ4v) is 13.8. The molecule has 1 aliphatic carbocycles. The monoisotopic (exact) mass is 946 g/mol. The molecule has 0 unspecified atom stereocenters. The molecule has 0 N–H and O–H groups in total. The van der Waals surface area contributed by atoms with E-state index in [9.17, 15) is 5.26 Å². The van der Waals surface area contributed by atoms with Crippen molar-refractivity contribution in [3.05, 3.63) is 259 Å². The van der Waals surface area contributed by atoms with Gasteiger partial charge in [0.05, 0.1) is 61.5 Å². The van der Waals surface area contributed by atoms with Gasteiger partial charge < -0.3 is 13.7 Å². The van der Waals surface area contributed by atoms with Crippen LogP contribution < -0.4 is 0 Å². The van der Waals surface area contributed by atoms with Crippen molar-refractivity contribution in [2.24, 2.45) is 0 Å². The second kappa shape index (κ2) is 15.0. The van der Waals surface area contributed by atoms with Gasteiger partial charge in [0, 0.05) is 71.6 Å². The Morgan fingerprint density at radius 2 is 0.822 bits per heavy atom. The lowest BCUT2D eigenvalue weighted by molar-refractivity contribution is 0.718. The highest BCUT2D eigenvalue weighted by Crippen LogP contribution is 2.62. The van der Waals surface area contributed by atoms with Gasteiger partial charge in [0.25, 0.3) is 0 Å². The van der Waals surface area contributed by atoms with Crippen LogP contribution in [0.4, 0.5) is 0 Å². The lowest BCUT2D eigenvalue weighted by atomic mass is 9.67. The third-order valence-corrected chi connectivity index (χ3v) is 16.8. The molecule has 0 atom stereocenters. The van der Waals surface area contributed by atoms with Crippen LogP contribution in [0.15, 0.2) is 241 Å². The van der Waals surface area contributed by atoms with Gasteiger partial charge in [0.1, 0.15) is 0 Å². The zero-order valence-electron chi connectivity index (χ0n) is 39.0. The first-order valence-corrected chi connectivity index (χ1v) is 25.4. The summed E-state index contributed by atoms with van der Waals surface area (Å²) in [7, 11) is 0. The molecule has 5 aromatic heterocycles. The molecule has 0 saturated carbocycles. The Bertz CT molecular complexity index is 4640. The van der Waals surface area contributed by atoms with Crippen LogP contribution >= 0.6 is 11.8 Å². The Balaban J connectivity index is 0.846. The zero-order chi connectivity index (χ0) is 47.9. The second-order valence-corrected chi connectivity index (χ2v) is 20.3. The average molecular weight is 947 g/mol. The molecule has 73 heavy (non-hydrogen) atoms. The van der Waals surface area contributed by atoms with Crippen molar-refractivity contribution in [3.63, 3.8) is 0 Å². The Kier molecular flexibility index (Phi) is 8.28. The maximum Gasteiger partial charge on any atom is 0.0991 e. The minimum absolute atomic E-state index is 0.649. The summed E-state index contributed by atoms with van der Waals surface area (Å²) in [6.45, 7) is 0. The maximum atomic E-state index is 9.89. The van der Waals surface area contributed by atoms with Gasteiger partial charge in [0.15, 0.2) is 0 Å². The van der Waals surface area contributed by atoms with Gasteiger partial charge in [-0.15, -0.1) is 0 Å². The quantitative estimate of drug-likeness (QED) is 0.176. The molecule has 0 fully saturated rings. The number of aromatic nitrogens is 5. The van der Waals surface area contributed by atoms with Crippen molar-refractivity contribution in [1.29, 1.82) is 5.26 Å². The lowest BCUT2D eigenvalue weighted by Gasteiger charge is -2.39. The van der Waals surface area contributed by atoms with Crippen LogP contribution in [0.5, 0.6) is 0 Å². The molecule has 7 heteroatoms. The summed E-state index contributed by atoms with van der Waals surface area (Å²) in [4.78, 5) is 12.5. The second-order valence-electron chi connectivity index (χ2n) is 19.2. The predicted molar refractivity (Wildman–Crippen MR) is 297 cm³/mol. The third-order valence-electron chi connectivity index (χ3n) is 15.6. The zero-order valence-corrected chi connectivity index (χ0v) is 39.8. The van der Waals surface area contributed by atoms with Gasteiger partial charge in [-0.3, -0.25) is 9.97 Å².